The molecule has 0 heterocycles. The summed E-state index contributed by atoms with van der Waals surface area (Å²) >= 11 is 0. The zero-order chi connectivity index (χ0) is 12.3. The molecule has 1 rings (SSSR count). The summed E-state index contributed by atoms with van der Waals surface area (Å²) in [4.78, 5) is 0. The van der Waals surface area contributed by atoms with Crippen LogP contribution in [0.4, 0.5) is 13.2 Å². The molecule has 1 aromatic rings. The minimum Gasteiger partial charge on any atom is -0.508 e. The molecule has 3 nitrogen and oxygen atoms in total. The Bertz CT molecular complexity index is 342. The lowest BCUT2D eigenvalue weighted by atomic mass is 10.0. The number of rotatable bonds is 3. The summed E-state index contributed by atoms with van der Waals surface area (Å²) < 4.78 is 36.3. The molecule has 0 bridgehead atoms. The fourth-order valence-corrected chi connectivity index (χ4v) is 1.21. The number of phenolic OH excluding ortho intramolecular Hbond substituents is 1. The molecule has 0 unspecified atom stereocenters. The summed E-state index contributed by atoms with van der Waals surface area (Å²) in [5, 5.41) is 18.4. The number of halogens is 4. The van der Waals surface area contributed by atoms with Gasteiger partial charge in [-0.2, -0.15) is 13.2 Å². The highest BCUT2D eigenvalue weighted by Crippen LogP contribution is 2.27. The fraction of sp³-hybridized carbons (Fsp3) is 0.400. The second-order valence-corrected chi connectivity index (χ2v) is 3.49. The van der Waals surface area contributed by atoms with Gasteiger partial charge >= 0.3 is 6.18 Å². The van der Waals surface area contributed by atoms with Crippen LogP contribution in [0.1, 0.15) is 18.1 Å². The summed E-state index contributed by atoms with van der Waals surface area (Å²) in [6, 6.07) is 3.22. The van der Waals surface area contributed by atoms with Gasteiger partial charge in [0, 0.05) is 6.42 Å². The first-order chi connectivity index (χ1) is 7.30. The Hall–Kier alpha value is -0.980. The summed E-state index contributed by atoms with van der Waals surface area (Å²) in [6.45, 7) is 0. The van der Waals surface area contributed by atoms with E-state index in [1.54, 1.807) is 0 Å². The van der Waals surface area contributed by atoms with E-state index < -0.39 is 24.7 Å². The zero-order valence-electron chi connectivity index (χ0n) is 8.69. The van der Waals surface area contributed by atoms with Crippen LogP contribution in [-0.2, 0) is 0 Å². The standard InChI is InChI=1S/C10H12F3NO2.ClH/c11-10(12,13)9(14)5-8(16)6-1-3-7(15)4-2-6;/h1-4,8-9,15-16H,5,14H2;1H/t8-,9-;/m0./s1. The predicted octanol–water partition coefficient (Wildman–Crippen LogP) is 2.13. The minimum absolute atomic E-state index is 0. The van der Waals surface area contributed by atoms with Crippen molar-refractivity contribution < 1.29 is 23.4 Å². The Kier molecular flexibility index (Phi) is 5.74. The first-order valence-electron chi connectivity index (χ1n) is 4.60. The Morgan fingerprint density at radius 3 is 2.06 bits per heavy atom. The topological polar surface area (TPSA) is 66.5 Å². The number of hydrogen-bond donors (Lipinski definition) is 3. The molecule has 2 atom stereocenters. The van der Waals surface area contributed by atoms with E-state index in [0.29, 0.717) is 0 Å². The molecule has 17 heavy (non-hydrogen) atoms. The van der Waals surface area contributed by atoms with E-state index in [2.05, 4.69) is 0 Å². The quantitative estimate of drug-likeness (QED) is 0.789. The van der Waals surface area contributed by atoms with E-state index in [0.717, 1.165) is 0 Å². The highest BCUT2D eigenvalue weighted by Gasteiger charge is 2.37. The van der Waals surface area contributed by atoms with Crippen LogP contribution in [0.25, 0.3) is 0 Å². The van der Waals surface area contributed by atoms with Gasteiger partial charge in [0.2, 0.25) is 0 Å². The van der Waals surface area contributed by atoms with Crippen LogP contribution in [0, 0.1) is 0 Å². The maximum atomic E-state index is 12.1. The highest BCUT2D eigenvalue weighted by molar-refractivity contribution is 5.85. The van der Waals surface area contributed by atoms with Crippen LogP contribution in [-0.4, -0.2) is 22.4 Å². The number of aromatic hydroxyl groups is 1. The van der Waals surface area contributed by atoms with E-state index in [-0.39, 0.29) is 23.7 Å². The first-order valence-corrected chi connectivity index (χ1v) is 4.60. The summed E-state index contributed by atoms with van der Waals surface area (Å²) in [5.74, 6) is -0.0175. The number of nitrogens with two attached hydrogens (primary N) is 1. The van der Waals surface area contributed by atoms with Crippen LogP contribution in [0.3, 0.4) is 0 Å². The fourth-order valence-electron chi connectivity index (χ4n) is 1.21. The number of aliphatic hydroxyl groups excluding tert-OH is 1. The monoisotopic (exact) mass is 271 g/mol. The average molecular weight is 272 g/mol. The van der Waals surface area contributed by atoms with E-state index in [9.17, 15) is 18.3 Å². The predicted molar refractivity (Wildman–Crippen MR) is 59.0 cm³/mol. The molecule has 98 valence electrons. The van der Waals surface area contributed by atoms with Crippen LogP contribution >= 0.6 is 12.4 Å². The number of benzene rings is 1. The van der Waals surface area contributed by atoms with E-state index in [1.165, 1.54) is 24.3 Å². The van der Waals surface area contributed by atoms with Gasteiger partial charge in [-0.05, 0) is 17.7 Å². The summed E-state index contributed by atoms with van der Waals surface area (Å²) in [7, 11) is 0. The van der Waals surface area contributed by atoms with Crippen LogP contribution in [0.15, 0.2) is 24.3 Å². The minimum atomic E-state index is -4.52. The molecule has 0 spiro atoms. The second kappa shape index (κ2) is 6.09. The molecule has 4 N–H and O–H groups in total. The van der Waals surface area contributed by atoms with Crippen molar-refractivity contribution in [3.8, 4) is 5.75 Å². The average Bonchev–Trinajstić information content (AvgIpc) is 2.17. The van der Waals surface area contributed by atoms with Crippen molar-refractivity contribution in [2.75, 3.05) is 0 Å². The molecule has 0 amide bonds. The van der Waals surface area contributed by atoms with Crippen LogP contribution in [0.5, 0.6) is 5.75 Å². The third-order valence-electron chi connectivity index (χ3n) is 2.18. The maximum absolute atomic E-state index is 12.1. The van der Waals surface area contributed by atoms with Crippen molar-refractivity contribution in [1.29, 1.82) is 0 Å². The van der Waals surface area contributed by atoms with Gasteiger partial charge in [0.1, 0.15) is 11.8 Å². The molecule has 0 aromatic heterocycles. The molecule has 0 saturated carbocycles. The van der Waals surface area contributed by atoms with Gasteiger partial charge in [-0.25, -0.2) is 0 Å². The lowest BCUT2D eigenvalue weighted by Gasteiger charge is -2.19. The third kappa shape index (κ3) is 4.80. The van der Waals surface area contributed by atoms with Gasteiger partial charge in [-0.15, -0.1) is 12.4 Å². The lowest BCUT2D eigenvalue weighted by Crippen LogP contribution is -2.38. The molecular weight excluding hydrogens is 259 g/mol. The van der Waals surface area contributed by atoms with Crippen molar-refractivity contribution in [2.45, 2.75) is 24.7 Å². The van der Waals surface area contributed by atoms with Crippen molar-refractivity contribution in [3.63, 3.8) is 0 Å². The number of aliphatic hydroxyl groups is 1. The van der Waals surface area contributed by atoms with Crippen LogP contribution in [0.2, 0.25) is 0 Å². The second-order valence-electron chi connectivity index (χ2n) is 3.49. The van der Waals surface area contributed by atoms with Crippen molar-refractivity contribution in [1.82, 2.24) is 0 Å². The summed E-state index contributed by atoms with van der Waals surface area (Å²) in [6.07, 6.45) is -6.41. The van der Waals surface area contributed by atoms with E-state index in [1.807, 2.05) is 0 Å². The van der Waals surface area contributed by atoms with E-state index >= 15 is 0 Å². The first kappa shape index (κ1) is 16.0. The highest BCUT2D eigenvalue weighted by atomic mass is 35.5. The third-order valence-corrected chi connectivity index (χ3v) is 2.18. The Labute approximate surface area is 102 Å². The maximum Gasteiger partial charge on any atom is 0.403 e. The molecule has 0 aliphatic rings. The Balaban J connectivity index is 0.00000256. The van der Waals surface area contributed by atoms with E-state index in [4.69, 9.17) is 10.8 Å². The molecule has 7 heteroatoms. The lowest BCUT2D eigenvalue weighted by molar-refractivity contribution is -0.153. The van der Waals surface area contributed by atoms with Gasteiger partial charge in [-0.1, -0.05) is 12.1 Å². The van der Waals surface area contributed by atoms with Crippen molar-refractivity contribution >= 4 is 12.4 Å². The molecule has 0 radical (unpaired) electrons. The smallest absolute Gasteiger partial charge is 0.403 e. The molecular formula is C10H13ClF3NO2. The van der Waals surface area contributed by atoms with Gasteiger partial charge < -0.3 is 15.9 Å². The van der Waals surface area contributed by atoms with Crippen LogP contribution < -0.4 is 5.73 Å². The summed E-state index contributed by atoms with van der Waals surface area (Å²) in [5.41, 5.74) is 5.17. The molecule has 0 fully saturated rings. The SMILES string of the molecule is Cl.N[C@@H](C[C@H](O)c1ccc(O)cc1)C(F)(F)F. The number of phenols is 1. The molecule has 0 aliphatic carbocycles. The van der Waals surface area contributed by atoms with Gasteiger partial charge in [0.05, 0.1) is 6.10 Å². The number of alkyl halides is 3. The normalized spacial score (nSPS) is 14.9. The molecule has 1 aromatic carbocycles. The van der Waals surface area contributed by atoms with Gasteiger partial charge in [0.25, 0.3) is 0 Å². The Morgan fingerprint density at radius 2 is 1.65 bits per heavy atom. The van der Waals surface area contributed by atoms with Crippen molar-refractivity contribution in [2.24, 2.45) is 5.73 Å². The Morgan fingerprint density at radius 1 is 1.18 bits per heavy atom. The molecule has 0 aliphatic heterocycles. The van der Waals surface area contributed by atoms with Gasteiger partial charge in [0.15, 0.2) is 0 Å². The van der Waals surface area contributed by atoms with Gasteiger partial charge in [-0.3, -0.25) is 0 Å². The molecule has 0 saturated heterocycles. The largest absolute Gasteiger partial charge is 0.508 e. The van der Waals surface area contributed by atoms with Crippen molar-refractivity contribution in [3.05, 3.63) is 29.8 Å². The number of hydrogen-bond acceptors (Lipinski definition) is 3. The zero-order valence-corrected chi connectivity index (χ0v) is 9.50.